The second kappa shape index (κ2) is 7.96. The molecular weight excluding hydrogens is 388 g/mol. The molecule has 0 spiro atoms. The van der Waals surface area contributed by atoms with E-state index >= 15 is 0 Å². The van der Waals surface area contributed by atoms with Crippen LogP contribution in [-0.4, -0.2) is 33.8 Å². The van der Waals surface area contributed by atoms with E-state index < -0.39 is 0 Å². The first kappa shape index (κ1) is 19.5. The lowest BCUT2D eigenvalue weighted by atomic mass is 10.0. The molecule has 5 rings (SSSR count). The van der Waals surface area contributed by atoms with E-state index in [1.807, 2.05) is 43.3 Å². The number of aromatic nitrogens is 1. The predicted molar refractivity (Wildman–Crippen MR) is 124 cm³/mol. The highest BCUT2D eigenvalue weighted by molar-refractivity contribution is 6.22. The van der Waals surface area contributed by atoms with Gasteiger partial charge in [0.2, 0.25) is 0 Å². The quantitative estimate of drug-likeness (QED) is 0.312. The summed E-state index contributed by atoms with van der Waals surface area (Å²) in [6.45, 7) is 5.22. The molecular formula is C25H26N4O2. The van der Waals surface area contributed by atoms with Gasteiger partial charge >= 0.3 is 0 Å². The molecule has 0 bridgehead atoms. The van der Waals surface area contributed by atoms with Crippen molar-refractivity contribution in [2.45, 2.75) is 26.3 Å². The number of aromatic hydroxyl groups is 1. The molecule has 6 nitrogen and oxygen atoms in total. The Morgan fingerprint density at radius 1 is 1.13 bits per heavy atom. The fraction of sp³-hybridized carbons (Fsp3) is 0.240. The van der Waals surface area contributed by atoms with Crippen molar-refractivity contribution in [3.8, 4) is 5.88 Å². The molecule has 158 valence electrons. The van der Waals surface area contributed by atoms with Gasteiger partial charge in [0.15, 0.2) is 5.88 Å². The molecule has 1 saturated heterocycles. The Morgan fingerprint density at radius 2 is 1.90 bits per heavy atom. The number of fused-ring (bicyclic) bond motifs is 1. The summed E-state index contributed by atoms with van der Waals surface area (Å²) in [5, 5.41) is 11.6. The van der Waals surface area contributed by atoms with Crippen molar-refractivity contribution in [3.63, 3.8) is 0 Å². The van der Waals surface area contributed by atoms with E-state index in [1.165, 1.54) is 31.5 Å². The number of aromatic amines is 1. The minimum Gasteiger partial charge on any atom is -0.494 e. The maximum atomic E-state index is 10.8. The SMILES string of the molecule is Cc1occc1C(=Nc1ccc(CN2CCCC2)cc1)c1c(O)[nH]c2cc(N)ccc12. The zero-order valence-electron chi connectivity index (χ0n) is 17.6. The number of anilines is 1. The summed E-state index contributed by atoms with van der Waals surface area (Å²) >= 11 is 0. The number of H-pyrrole nitrogens is 1. The van der Waals surface area contributed by atoms with Gasteiger partial charge in [-0.3, -0.25) is 4.90 Å². The first-order chi connectivity index (χ1) is 15.1. The molecule has 4 aromatic rings. The molecule has 6 heteroatoms. The van der Waals surface area contributed by atoms with Crippen LogP contribution in [0.25, 0.3) is 10.9 Å². The molecule has 0 atom stereocenters. The number of benzene rings is 2. The molecule has 0 aliphatic carbocycles. The number of furan rings is 1. The minimum absolute atomic E-state index is 0.0607. The summed E-state index contributed by atoms with van der Waals surface area (Å²) in [4.78, 5) is 10.4. The van der Waals surface area contributed by atoms with Gasteiger partial charge in [-0.1, -0.05) is 12.1 Å². The van der Waals surface area contributed by atoms with Gasteiger partial charge in [-0.2, -0.15) is 0 Å². The molecule has 0 saturated carbocycles. The largest absolute Gasteiger partial charge is 0.494 e. The van der Waals surface area contributed by atoms with Gasteiger partial charge in [-0.05, 0) is 74.8 Å². The van der Waals surface area contributed by atoms with Crippen LogP contribution in [0.1, 0.15) is 35.3 Å². The average Bonchev–Trinajstić information content (AvgIpc) is 3.48. The van der Waals surface area contributed by atoms with E-state index in [2.05, 4.69) is 22.0 Å². The molecule has 0 radical (unpaired) electrons. The van der Waals surface area contributed by atoms with Gasteiger partial charge in [-0.25, -0.2) is 4.99 Å². The first-order valence-corrected chi connectivity index (χ1v) is 10.6. The van der Waals surface area contributed by atoms with Gasteiger partial charge in [0.1, 0.15) is 5.76 Å². The normalized spacial score (nSPS) is 15.2. The summed E-state index contributed by atoms with van der Waals surface area (Å²) in [6.07, 6.45) is 4.22. The lowest BCUT2D eigenvalue weighted by Crippen LogP contribution is -2.18. The third kappa shape index (κ3) is 3.82. The van der Waals surface area contributed by atoms with Crippen LogP contribution >= 0.6 is 0 Å². The molecule has 3 heterocycles. The van der Waals surface area contributed by atoms with Crippen LogP contribution in [-0.2, 0) is 6.54 Å². The highest BCUT2D eigenvalue weighted by Gasteiger charge is 2.21. The minimum atomic E-state index is 0.0607. The molecule has 2 aromatic heterocycles. The van der Waals surface area contributed by atoms with Gasteiger partial charge < -0.3 is 20.2 Å². The monoisotopic (exact) mass is 414 g/mol. The van der Waals surface area contributed by atoms with E-state index in [0.717, 1.165) is 34.5 Å². The number of aryl methyl sites for hydroxylation is 1. The number of aliphatic imine (C=N–C) groups is 1. The number of hydrogen-bond acceptors (Lipinski definition) is 5. The lowest BCUT2D eigenvalue weighted by Gasteiger charge is -2.14. The number of nitrogens with zero attached hydrogens (tertiary/aromatic N) is 2. The summed E-state index contributed by atoms with van der Waals surface area (Å²) < 4.78 is 5.55. The van der Waals surface area contributed by atoms with Crippen LogP contribution in [0.15, 0.2) is 64.2 Å². The van der Waals surface area contributed by atoms with Crippen molar-refractivity contribution < 1.29 is 9.52 Å². The van der Waals surface area contributed by atoms with Crippen LogP contribution in [0.2, 0.25) is 0 Å². The smallest absolute Gasteiger partial charge is 0.199 e. The fourth-order valence-corrected chi connectivity index (χ4v) is 4.33. The third-order valence-corrected chi connectivity index (χ3v) is 5.94. The highest BCUT2D eigenvalue weighted by Crippen LogP contribution is 2.33. The third-order valence-electron chi connectivity index (χ3n) is 5.94. The van der Waals surface area contributed by atoms with Crippen molar-refractivity contribution in [1.82, 2.24) is 9.88 Å². The molecule has 31 heavy (non-hydrogen) atoms. The van der Waals surface area contributed by atoms with Crippen molar-refractivity contribution in [2.24, 2.45) is 4.99 Å². The van der Waals surface area contributed by atoms with Gasteiger partial charge in [-0.15, -0.1) is 0 Å². The predicted octanol–water partition coefficient (Wildman–Crippen LogP) is 5.12. The van der Waals surface area contributed by atoms with Gasteiger partial charge in [0, 0.05) is 23.2 Å². The van der Waals surface area contributed by atoms with E-state index in [0.29, 0.717) is 17.0 Å². The summed E-state index contributed by atoms with van der Waals surface area (Å²) in [7, 11) is 0. The van der Waals surface area contributed by atoms with E-state index in [9.17, 15) is 5.11 Å². The van der Waals surface area contributed by atoms with E-state index in [-0.39, 0.29) is 5.88 Å². The molecule has 0 amide bonds. The average molecular weight is 415 g/mol. The molecule has 4 N–H and O–H groups in total. The Labute approximate surface area is 181 Å². The van der Waals surface area contributed by atoms with Crippen LogP contribution in [0, 0.1) is 6.92 Å². The van der Waals surface area contributed by atoms with Crippen molar-refractivity contribution >= 4 is 28.0 Å². The fourth-order valence-electron chi connectivity index (χ4n) is 4.33. The highest BCUT2D eigenvalue weighted by atomic mass is 16.3. The summed E-state index contributed by atoms with van der Waals surface area (Å²) in [6, 6.07) is 15.7. The molecule has 1 aliphatic heterocycles. The number of nitrogen functional groups attached to an aromatic ring is 1. The molecule has 0 unspecified atom stereocenters. The molecule has 2 aromatic carbocycles. The van der Waals surface area contributed by atoms with Crippen LogP contribution < -0.4 is 5.73 Å². The maximum absolute atomic E-state index is 10.8. The lowest BCUT2D eigenvalue weighted by molar-refractivity contribution is 0.331. The van der Waals surface area contributed by atoms with Crippen LogP contribution in [0.4, 0.5) is 11.4 Å². The summed E-state index contributed by atoms with van der Waals surface area (Å²) in [5.74, 6) is 0.805. The molecule has 1 aliphatic rings. The first-order valence-electron chi connectivity index (χ1n) is 10.6. The topological polar surface area (TPSA) is 90.8 Å². The Kier molecular flexibility index (Phi) is 5.00. The Hall–Kier alpha value is -3.51. The standard InChI is InChI=1S/C25H26N4O2/c1-16-20(10-13-31-16)24(23-21-9-6-18(26)14-22(21)28-25(23)30)27-19-7-4-17(5-8-19)15-29-11-2-3-12-29/h4-10,13-14,28,30H,2-3,11-12,15,26H2,1H3. The van der Waals surface area contributed by atoms with Crippen molar-refractivity contribution in [2.75, 3.05) is 18.8 Å². The van der Waals surface area contributed by atoms with Crippen LogP contribution in [0.5, 0.6) is 5.88 Å². The number of nitrogens with one attached hydrogen (secondary N) is 1. The zero-order valence-corrected chi connectivity index (χ0v) is 17.6. The second-order valence-electron chi connectivity index (χ2n) is 8.15. The van der Waals surface area contributed by atoms with Crippen molar-refractivity contribution in [1.29, 1.82) is 0 Å². The Bertz CT molecular complexity index is 1240. The van der Waals surface area contributed by atoms with Gasteiger partial charge in [0.05, 0.1) is 28.7 Å². The van der Waals surface area contributed by atoms with E-state index in [1.54, 1.807) is 6.26 Å². The molecule has 1 fully saturated rings. The summed E-state index contributed by atoms with van der Waals surface area (Å²) in [5.41, 5.74) is 11.6. The second-order valence-corrected chi connectivity index (χ2v) is 8.15. The number of nitrogens with two attached hydrogens (primary N) is 1. The number of rotatable bonds is 5. The zero-order chi connectivity index (χ0) is 21.4. The Morgan fingerprint density at radius 3 is 2.61 bits per heavy atom. The van der Waals surface area contributed by atoms with Crippen LogP contribution in [0.3, 0.4) is 0 Å². The number of hydrogen-bond donors (Lipinski definition) is 3. The van der Waals surface area contributed by atoms with Gasteiger partial charge in [0.25, 0.3) is 0 Å². The maximum Gasteiger partial charge on any atom is 0.199 e. The van der Waals surface area contributed by atoms with E-state index in [4.69, 9.17) is 15.1 Å². The number of likely N-dealkylation sites (tertiary alicyclic amines) is 1. The Balaban J connectivity index is 1.57. The van der Waals surface area contributed by atoms with Crippen molar-refractivity contribution in [3.05, 3.63) is 77.2 Å².